The third kappa shape index (κ3) is 4.73. The Kier molecular flexibility index (Phi) is 6.26. The number of pyridine rings is 1. The van der Waals surface area contributed by atoms with E-state index in [4.69, 9.17) is 4.74 Å². The molecule has 1 saturated heterocycles. The lowest BCUT2D eigenvalue weighted by Crippen LogP contribution is -2.44. The van der Waals surface area contributed by atoms with Gasteiger partial charge in [0.15, 0.2) is 0 Å². The summed E-state index contributed by atoms with van der Waals surface area (Å²) in [5.41, 5.74) is 3.60. The maximum atomic E-state index is 13.0. The molecule has 1 aliphatic rings. The first-order chi connectivity index (χ1) is 12.9. The van der Waals surface area contributed by atoms with Crippen LogP contribution in [0, 0.1) is 20.8 Å². The molecule has 3 rings (SSSR count). The van der Waals surface area contributed by atoms with Gasteiger partial charge in [0, 0.05) is 32.0 Å². The zero-order valence-electron chi connectivity index (χ0n) is 16.1. The molecule has 0 spiro atoms. The van der Waals surface area contributed by atoms with Crippen molar-refractivity contribution in [2.24, 2.45) is 0 Å². The van der Waals surface area contributed by atoms with E-state index in [0.717, 1.165) is 35.3 Å². The van der Waals surface area contributed by atoms with Crippen molar-refractivity contribution < 1.29 is 13.2 Å². The fourth-order valence-electron chi connectivity index (χ4n) is 3.77. The number of rotatable bonds is 6. The van der Waals surface area contributed by atoms with Gasteiger partial charge in [0.25, 0.3) is 0 Å². The summed E-state index contributed by atoms with van der Waals surface area (Å²) < 4.78 is 34.3. The van der Waals surface area contributed by atoms with E-state index in [9.17, 15) is 8.42 Å². The van der Waals surface area contributed by atoms with E-state index in [-0.39, 0.29) is 6.04 Å². The van der Waals surface area contributed by atoms with Crippen molar-refractivity contribution in [1.82, 2.24) is 14.6 Å². The summed E-state index contributed by atoms with van der Waals surface area (Å²) in [6.07, 6.45) is 3.53. The van der Waals surface area contributed by atoms with E-state index in [1.165, 1.54) is 0 Å². The molecule has 1 atom stereocenters. The summed E-state index contributed by atoms with van der Waals surface area (Å²) in [7, 11) is -3.61. The zero-order chi connectivity index (χ0) is 19.4. The van der Waals surface area contributed by atoms with Crippen LogP contribution in [0.4, 0.5) is 0 Å². The van der Waals surface area contributed by atoms with Gasteiger partial charge in [-0.15, -0.1) is 0 Å². The minimum absolute atomic E-state index is 0.0802. The Bertz CT molecular complexity index is 856. The highest BCUT2D eigenvalue weighted by Gasteiger charge is 2.26. The van der Waals surface area contributed by atoms with Crippen molar-refractivity contribution in [3.05, 3.63) is 58.9 Å². The molecule has 1 fully saturated rings. The van der Waals surface area contributed by atoms with Crippen LogP contribution >= 0.6 is 0 Å². The summed E-state index contributed by atoms with van der Waals surface area (Å²) in [4.78, 5) is 6.83. The van der Waals surface area contributed by atoms with Gasteiger partial charge in [0.1, 0.15) is 0 Å². The van der Waals surface area contributed by atoms with Gasteiger partial charge in [-0.3, -0.25) is 9.88 Å². The molecular formula is C20H27N3O3S. The molecule has 0 bridgehead atoms. The number of hydrogen-bond donors (Lipinski definition) is 1. The van der Waals surface area contributed by atoms with Gasteiger partial charge in [0.05, 0.1) is 24.2 Å². The fraction of sp³-hybridized carbons (Fsp3) is 0.450. The highest BCUT2D eigenvalue weighted by atomic mass is 32.2. The maximum Gasteiger partial charge on any atom is 0.241 e. The molecule has 1 aromatic carbocycles. The zero-order valence-corrected chi connectivity index (χ0v) is 16.9. The van der Waals surface area contributed by atoms with Crippen molar-refractivity contribution >= 4 is 10.0 Å². The molecule has 1 unspecified atom stereocenters. The highest BCUT2D eigenvalue weighted by molar-refractivity contribution is 7.89. The van der Waals surface area contributed by atoms with Crippen LogP contribution in [-0.2, 0) is 14.8 Å². The molecule has 2 heterocycles. The molecule has 0 amide bonds. The molecule has 0 radical (unpaired) electrons. The Morgan fingerprint density at radius 2 is 1.85 bits per heavy atom. The number of sulfonamides is 1. The van der Waals surface area contributed by atoms with Crippen LogP contribution in [0.1, 0.15) is 28.3 Å². The number of hydrogen-bond acceptors (Lipinski definition) is 5. The largest absolute Gasteiger partial charge is 0.379 e. The first-order valence-electron chi connectivity index (χ1n) is 9.18. The van der Waals surface area contributed by atoms with Gasteiger partial charge >= 0.3 is 0 Å². The van der Waals surface area contributed by atoms with Crippen LogP contribution < -0.4 is 4.72 Å². The lowest BCUT2D eigenvalue weighted by Gasteiger charge is -2.34. The second-order valence-corrected chi connectivity index (χ2v) is 8.73. The van der Waals surface area contributed by atoms with E-state index < -0.39 is 10.0 Å². The van der Waals surface area contributed by atoms with Crippen molar-refractivity contribution in [1.29, 1.82) is 0 Å². The third-order valence-corrected chi connectivity index (χ3v) is 6.62. The average molecular weight is 390 g/mol. The number of ether oxygens (including phenoxy) is 1. The normalized spacial score (nSPS) is 17.0. The quantitative estimate of drug-likeness (QED) is 0.821. The Balaban J connectivity index is 1.84. The second kappa shape index (κ2) is 8.48. The van der Waals surface area contributed by atoms with Crippen LogP contribution in [0.15, 0.2) is 41.6 Å². The summed E-state index contributed by atoms with van der Waals surface area (Å²) in [6, 6.07) is 7.60. The van der Waals surface area contributed by atoms with Gasteiger partial charge in [-0.1, -0.05) is 23.8 Å². The molecule has 0 saturated carbocycles. The molecule has 6 nitrogen and oxygen atoms in total. The highest BCUT2D eigenvalue weighted by Crippen LogP contribution is 2.24. The number of aromatic nitrogens is 1. The second-order valence-electron chi connectivity index (χ2n) is 7.03. The van der Waals surface area contributed by atoms with E-state index in [2.05, 4.69) is 14.6 Å². The number of morpholine rings is 1. The SMILES string of the molecule is Cc1cc(C)c(S(=O)(=O)NCC(c2cccnc2)N2CCOCC2)c(C)c1. The molecule has 1 N–H and O–H groups in total. The van der Waals surface area contributed by atoms with Crippen molar-refractivity contribution in [2.75, 3.05) is 32.8 Å². The molecular weight excluding hydrogens is 362 g/mol. The van der Waals surface area contributed by atoms with Gasteiger partial charge in [-0.05, 0) is 43.5 Å². The van der Waals surface area contributed by atoms with Crippen LogP contribution in [0.3, 0.4) is 0 Å². The Hall–Kier alpha value is -1.80. The first kappa shape index (κ1) is 19.9. The Morgan fingerprint density at radius 3 is 2.44 bits per heavy atom. The lowest BCUT2D eigenvalue weighted by atomic mass is 10.1. The summed E-state index contributed by atoms with van der Waals surface area (Å²) in [6.45, 7) is 8.79. The Morgan fingerprint density at radius 1 is 1.19 bits per heavy atom. The van der Waals surface area contributed by atoms with Crippen molar-refractivity contribution in [2.45, 2.75) is 31.7 Å². The molecule has 2 aromatic rings. The smallest absolute Gasteiger partial charge is 0.241 e. The predicted molar refractivity (Wildman–Crippen MR) is 105 cm³/mol. The summed E-state index contributed by atoms with van der Waals surface area (Å²) in [5, 5.41) is 0. The monoisotopic (exact) mass is 389 g/mol. The third-order valence-electron chi connectivity index (χ3n) is 4.90. The van der Waals surface area contributed by atoms with E-state index >= 15 is 0 Å². The maximum absolute atomic E-state index is 13.0. The van der Waals surface area contributed by atoms with E-state index in [1.54, 1.807) is 12.4 Å². The van der Waals surface area contributed by atoms with Crippen LogP contribution in [0.25, 0.3) is 0 Å². The minimum Gasteiger partial charge on any atom is -0.379 e. The van der Waals surface area contributed by atoms with Gasteiger partial charge in [0.2, 0.25) is 10.0 Å². The van der Waals surface area contributed by atoms with E-state index in [0.29, 0.717) is 24.7 Å². The summed E-state index contributed by atoms with van der Waals surface area (Å²) in [5.74, 6) is 0. The predicted octanol–water partition coefficient (Wildman–Crippen LogP) is 2.36. The number of benzene rings is 1. The van der Waals surface area contributed by atoms with Crippen LogP contribution in [0.5, 0.6) is 0 Å². The fourth-order valence-corrected chi connectivity index (χ4v) is 5.26. The van der Waals surface area contributed by atoms with Gasteiger partial charge in [-0.25, -0.2) is 13.1 Å². The average Bonchev–Trinajstić information content (AvgIpc) is 2.62. The van der Waals surface area contributed by atoms with Crippen molar-refractivity contribution in [3.63, 3.8) is 0 Å². The number of nitrogens with one attached hydrogen (secondary N) is 1. The summed E-state index contributed by atoms with van der Waals surface area (Å²) >= 11 is 0. The molecule has 1 aliphatic heterocycles. The number of nitrogens with zero attached hydrogens (tertiary/aromatic N) is 2. The van der Waals surface area contributed by atoms with Crippen LogP contribution in [-0.4, -0.2) is 51.1 Å². The molecule has 146 valence electrons. The van der Waals surface area contributed by atoms with Gasteiger partial charge < -0.3 is 4.74 Å². The Labute approximate surface area is 161 Å². The molecule has 1 aromatic heterocycles. The molecule has 0 aliphatic carbocycles. The standard InChI is InChI=1S/C20H27N3O3S/c1-15-11-16(2)20(17(3)12-15)27(24,25)22-14-19(18-5-4-6-21-13-18)23-7-9-26-10-8-23/h4-6,11-13,19,22H,7-10,14H2,1-3H3. The van der Waals surface area contributed by atoms with Gasteiger partial charge in [-0.2, -0.15) is 0 Å². The van der Waals surface area contributed by atoms with Crippen molar-refractivity contribution in [3.8, 4) is 0 Å². The first-order valence-corrected chi connectivity index (χ1v) is 10.7. The molecule has 7 heteroatoms. The molecule has 27 heavy (non-hydrogen) atoms. The lowest BCUT2D eigenvalue weighted by molar-refractivity contribution is 0.0171. The number of aryl methyl sites for hydroxylation is 3. The minimum atomic E-state index is -3.61. The van der Waals surface area contributed by atoms with Crippen LogP contribution in [0.2, 0.25) is 0 Å². The van der Waals surface area contributed by atoms with E-state index in [1.807, 2.05) is 45.0 Å². The topological polar surface area (TPSA) is 71.5 Å².